The zero-order valence-electron chi connectivity index (χ0n) is 11.3. The molecule has 0 radical (unpaired) electrons. The highest BCUT2D eigenvalue weighted by Gasteiger charge is 2.33. The van der Waals surface area contributed by atoms with E-state index in [1.54, 1.807) is 36.2 Å². The van der Waals surface area contributed by atoms with Gasteiger partial charge in [-0.1, -0.05) is 25.0 Å². The molecule has 4 nitrogen and oxygen atoms in total. The number of carbonyl (C=O) groups is 1. The number of rotatable bonds is 4. The van der Waals surface area contributed by atoms with Gasteiger partial charge >= 0.3 is 0 Å². The summed E-state index contributed by atoms with van der Waals surface area (Å²) < 4.78 is 0. The van der Waals surface area contributed by atoms with Crippen LogP contribution in [0.5, 0.6) is 0 Å². The Labute approximate surface area is 113 Å². The minimum absolute atomic E-state index is 0.0237. The van der Waals surface area contributed by atoms with Crippen molar-refractivity contribution in [2.24, 2.45) is 0 Å². The van der Waals surface area contributed by atoms with E-state index in [1.807, 2.05) is 0 Å². The third kappa shape index (κ3) is 3.33. The van der Waals surface area contributed by atoms with Gasteiger partial charge in [0, 0.05) is 19.2 Å². The predicted molar refractivity (Wildman–Crippen MR) is 72.7 cm³/mol. The normalized spacial score (nSPS) is 17.4. The van der Waals surface area contributed by atoms with Crippen LogP contribution in [0.4, 0.5) is 0 Å². The Hall–Kier alpha value is -1.39. The third-order valence-corrected chi connectivity index (χ3v) is 3.80. The third-order valence-electron chi connectivity index (χ3n) is 3.80. The van der Waals surface area contributed by atoms with Crippen molar-refractivity contribution in [3.63, 3.8) is 0 Å². The van der Waals surface area contributed by atoms with Crippen molar-refractivity contribution >= 4 is 5.91 Å². The molecule has 2 rings (SSSR count). The van der Waals surface area contributed by atoms with E-state index in [0.29, 0.717) is 12.1 Å². The van der Waals surface area contributed by atoms with Crippen LogP contribution in [0.1, 0.15) is 41.6 Å². The van der Waals surface area contributed by atoms with Gasteiger partial charge in [0.2, 0.25) is 0 Å². The van der Waals surface area contributed by atoms with Crippen molar-refractivity contribution in [1.29, 1.82) is 0 Å². The van der Waals surface area contributed by atoms with E-state index in [9.17, 15) is 9.90 Å². The monoisotopic (exact) mass is 263 g/mol. The summed E-state index contributed by atoms with van der Waals surface area (Å²) in [7, 11) is 1.72. The summed E-state index contributed by atoms with van der Waals surface area (Å²) in [5.74, 6) is -0.0928. The van der Waals surface area contributed by atoms with Gasteiger partial charge in [0.1, 0.15) is 0 Å². The van der Waals surface area contributed by atoms with Gasteiger partial charge in [0.15, 0.2) is 0 Å². The molecule has 0 heterocycles. The van der Waals surface area contributed by atoms with Crippen LogP contribution in [0.3, 0.4) is 0 Å². The van der Waals surface area contributed by atoms with Crippen LogP contribution in [0.25, 0.3) is 0 Å². The first-order valence-electron chi connectivity index (χ1n) is 6.72. The molecule has 1 aliphatic carbocycles. The van der Waals surface area contributed by atoms with Crippen molar-refractivity contribution in [2.75, 3.05) is 13.6 Å². The number of amides is 1. The average Bonchev–Trinajstić information content (AvgIpc) is 2.84. The van der Waals surface area contributed by atoms with Crippen LogP contribution in [0.15, 0.2) is 24.3 Å². The number of likely N-dealkylation sites (N-methyl/N-ethyl adjacent to an activating group) is 1. The summed E-state index contributed by atoms with van der Waals surface area (Å²) in [4.78, 5) is 13.8. The quantitative estimate of drug-likeness (QED) is 0.866. The average molecular weight is 263 g/mol. The summed E-state index contributed by atoms with van der Waals surface area (Å²) in [6.07, 6.45) is 3.61. The number of aliphatic hydroxyl groups excluding tert-OH is 1. The molecule has 0 bridgehead atoms. The summed E-state index contributed by atoms with van der Waals surface area (Å²) >= 11 is 0. The molecule has 0 spiro atoms. The SMILES string of the molecule is CN(CC1(O)CCCC1)C(=O)c1ccc(CO)cc1. The number of hydrogen-bond donors (Lipinski definition) is 2. The largest absolute Gasteiger partial charge is 0.392 e. The standard InChI is InChI=1S/C15H21NO3/c1-16(11-15(19)8-2-3-9-15)14(18)13-6-4-12(10-17)5-7-13/h4-7,17,19H,2-3,8-11H2,1H3. The van der Waals surface area contributed by atoms with Gasteiger partial charge < -0.3 is 15.1 Å². The first-order chi connectivity index (χ1) is 9.04. The van der Waals surface area contributed by atoms with E-state index in [0.717, 1.165) is 31.2 Å². The lowest BCUT2D eigenvalue weighted by Crippen LogP contribution is -2.42. The van der Waals surface area contributed by atoms with Crippen LogP contribution in [-0.4, -0.2) is 40.2 Å². The van der Waals surface area contributed by atoms with E-state index < -0.39 is 5.60 Å². The minimum Gasteiger partial charge on any atom is -0.392 e. The molecule has 0 unspecified atom stereocenters. The molecule has 1 saturated carbocycles. The molecule has 1 aliphatic rings. The van der Waals surface area contributed by atoms with Gasteiger partial charge in [-0.3, -0.25) is 4.79 Å². The van der Waals surface area contributed by atoms with E-state index in [-0.39, 0.29) is 12.5 Å². The smallest absolute Gasteiger partial charge is 0.253 e. The molecule has 1 aromatic carbocycles. The Morgan fingerprint density at radius 1 is 1.26 bits per heavy atom. The van der Waals surface area contributed by atoms with E-state index in [4.69, 9.17) is 5.11 Å². The minimum atomic E-state index is -0.713. The molecule has 19 heavy (non-hydrogen) atoms. The summed E-state index contributed by atoms with van der Waals surface area (Å²) in [6, 6.07) is 6.91. The number of aliphatic hydroxyl groups is 2. The summed E-state index contributed by atoms with van der Waals surface area (Å²) in [6.45, 7) is 0.359. The van der Waals surface area contributed by atoms with Crippen LogP contribution in [0.2, 0.25) is 0 Å². The highest BCUT2D eigenvalue weighted by Crippen LogP contribution is 2.30. The van der Waals surface area contributed by atoms with E-state index in [1.165, 1.54) is 0 Å². The first kappa shape index (κ1) is 14.0. The molecule has 104 valence electrons. The van der Waals surface area contributed by atoms with Crippen LogP contribution < -0.4 is 0 Å². The molecule has 1 aromatic rings. The van der Waals surface area contributed by atoms with Gasteiger partial charge in [-0.05, 0) is 30.5 Å². The van der Waals surface area contributed by atoms with Crippen molar-refractivity contribution in [1.82, 2.24) is 4.90 Å². The fourth-order valence-electron chi connectivity index (χ4n) is 2.68. The molecular weight excluding hydrogens is 242 g/mol. The Morgan fingerprint density at radius 2 is 1.84 bits per heavy atom. The van der Waals surface area contributed by atoms with Crippen molar-refractivity contribution in [3.8, 4) is 0 Å². The maximum atomic E-state index is 12.2. The lowest BCUT2D eigenvalue weighted by atomic mass is 10.0. The molecule has 0 aliphatic heterocycles. The fraction of sp³-hybridized carbons (Fsp3) is 0.533. The maximum Gasteiger partial charge on any atom is 0.253 e. The second-order valence-electron chi connectivity index (χ2n) is 5.45. The number of nitrogens with zero attached hydrogens (tertiary/aromatic N) is 1. The molecule has 0 aromatic heterocycles. The second-order valence-corrected chi connectivity index (χ2v) is 5.45. The molecule has 4 heteroatoms. The lowest BCUT2D eigenvalue weighted by molar-refractivity contribution is 0.0157. The fourth-order valence-corrected chi connectivity index (χ4v) is 2.68. The highest BCUT2D eigenvalue weighted by atomic mass is 16.3. The summed E-state index contributed by atoms with van der Waals surface area (Å²) in [5, 5.41) is 19.3. The number of carbonyl (C=O) groups excluding carboxylic acids is 1. The van der Waals surface area contributed by atoms with Gasteiger partial charge in [-0.25, -0.2) is 0 Å². The van der Waals surface area contributed by atoms with Gasteiger partial charge in [-0.15, -0.1) is 0 Å². The van der Waals surface area contributed by atoms with E-state index >= 15 is 0 Å². The Morgan fingerprint density at radius 3 is 2.37 bits per heavy atom. The number of benzene rings is 1. The second kappa shape index (κ2) is 5.72. The lowest BCUT2D eigenvalue weighted by Gasteiger charge is -2.28. The van der Waals surface area contributed by atoms with Crippen LogP contribution in [-0.2, 0) is 6.61 Å². The van der Waals surface area contributed by atoms with Crippen LogP contribution in [0, 0.1) is 0 Å². The van der Waals surface area contributed by atoms with E-state index in [2.05, 4.69) is 0 Å². The molecule has 0 saturated heterocycles. The Balaban J connectivity index is 2.01. The van der Waals surface area contributed by atoms with Crippen molar-refractivity contribution in [3.05, 3.63) is 35.4 Å². The van der Waals surface area contributed by atoms with Crippen molar-refractivity contribution < 1.29 is 15.0 Å². The number of hydrogen-bond acceptors (Lipinski definition) is 3. The molecule has 2 N–H and O–H groups in total. The molecule has 1 amide bonds. The van der Waals surface area contributed by atoms with Gasteiger partial charge in [0.05, 0.1) is 12.2 Å². The highest BCUT2D eigenvalue weighted by molar-refractivity contribution is 5.94. The van der Waals surface area contributed by atoms with Crippen molar-refractivity contribution in [2.45, 2.75) is 37.9 Å². The first-order valence-corrected chi connectivity index (χ1v) is 6.72. The topological polar surface area (TPSA) is 60.8 Å². The molecule has 1 fully saturated rings. The Kier molecular flexibility index (Phi) is 4.22. The zero-order chi connectivity index (χ0) is 13.9. The maximum absolute atomic E-state index is 12.2. The summed E-state index contributed by atoms with van der Waals surface area (Å²) in [5.41, 5.74) is 0.657. The van der Waals surface area contributed by atoms with Gasteiger partial charge in [-0.2, -0.15) is 0 Å². The van der Waals surface area contributed by atoms with Crippen LogP contribution >= 0.6 is 0 Å². The van der Waals surface area contributed by atoms with Gasteiger partial charge in [0.25, 0.3) is 5.91 Å². The molecular formula is C15H21NO3. The Bertz CT molecular complexity index is 435. The molecule has 0 atom stereocenters. The predicted octanol–water partition coefficient (Wildman–Crippen LogP) is 1.56. The zero-order valence-corrected chi connectivity index (χ0v) is 11.3.